The largest absolute Gasteiger partial charge is 0.294 e. The molecule has 1 saturated carbocycles. The number of benzene rings is 1. The molecule has 1 aromatic rings. The lowest BCUT2D eigenvalue weighted by molar-refractivity contribution is 0.0867. The Balaban J connectivity index is 2.10. The Bertz CT molecular complexity index is 436. The van der Waals surface area contributed by atoms with Crippen LogP contribution in [-0.4, -0.2) is 5.78 Å². The highest BCUT2D eigenvalue weighted by Gasteiger charge is 2.28. The zero-order valence-corrected chi connectivity index (χ0v) is 11.3. The molecule has 0 spiro atoms. The van der Waals surface area contributed by atoms with Crippen molar-refractivity contribution in [3.05, 3.63) is 34.6 Å². The first-order valence-electron chi connectivity index (χ1n) is 6.61. The Hall–Kier alpha value is -0.890. The lowest BCUT2D eigenvalue weighted by atomic mass is 9.78. The molecule has 18 heavy (non-hydrogen) atoms. The summed E-state index contributed by atoms with van der Waals surface area (Å²) in [7, 11) is 0. The fourth-order valence-electron chi connectivity index (χ4n) is 2.75. The third-order valence-electron chi connectivity index (χ3n) is 4.01. The number of hydrogen-bond acceptors (Lipinski definition) is 1. The van der Waals surface area contributed by atoms with Crippen LogP contribution >= 0.6 is 11.6 Å². The number of carbonyl (C=O) groups is 1. The minimum atomic E-state index is -0.568. The minimum absolute atomic E-state index is 0.0271. The summed E-state index contributed by atoms with van der Waals surface area (Å²) in [5.74, 6) is 0.0605. The number of halogens is 2. The highest BCUT2D eigenvalue weighted by atomic mass is 35.5. The summed E-state index contributed by atoms with van der Waals surface area (Å²) in [4.78, 5) is 12.3. The zero-order valence-electron chi connectivity index (χ0n) is 10.6. The van der Waals surface area contributed by atoms with Gasteiger partial charge in [0.2, 0.25) is 0 Å². The van der Waals surface area contributed by atoms with Crippen LogP contribution in [0.5, 0.6) is 0 Å². The number of hydrogen-bond donors (Lipinski definition) is 0. The SMILES string of the molecule is CCC1CCC(C(=O)c2cccc(Cl)c2F)CC1. The van der Waals surface area contributed by atoms with Crippen LogP contribution in [0.2, 0.25) is 5.02 Å². The fraction of sp³-hybridized carbons (Fsp3) is 0.533. The van der Waals surface area contributed by atoms with E-state index in [0.29, 0.717) is 0 Å². The molecule has 0 amide bonds. The van der Waals surface area contributed by atoms with Crippen molar-refractivity contribution in [3.8, 4) is 0 Å². The van der Waals surface area contributed by atoms with E-state index < -0.39 is 5.82 Å². The van der Waals surface area contributed by atoms with Gasteiger partial charge in [0.05, 0.1) is 10.6 Å². The average Bonchev–Trinajstić information content (AvgIpc) is 2.41. The number of Topliss-reactive ketones (excluding diaryl/α,β-unsaturated/α-hetero) is 1. The summed E-state index contributed by atoms with van der Waals surface area (Å²) >= 11 is 5.72. The molecule has 1 aliphatic rings. The Morgan fingerprint density at radius 2 is 2.00 bits per heavy atom. The molecule has 0 saturated heterocycles. The molecule has 0 N–H and O–H groups in total. The predicted octanol–water partition coefficient (Wildman–Crippen LogP) is 4.88. The standard InChI is InChI=1S/C15H18ClFO/c1-2-10-6-8-11(9-7-10)15(18)12-4-3-5-13(16)14(12)17/h3-5,10-11H,2,6-9H2,1H3. The van der Waals surface area contributed by atoms with E-state index in [1.807, 2.05) is 0 Å². The molecule has 0 bridgehead atoms. The van der Waals surface area contributed by atoms with E-state index in [1.54, 1.807) is 6.07 Å². The molecule has 1 aliphatic carbocycles. The summed E-state index contributed by atoms with van der Waals surface area (Å²) in [5.41, 5.74) is 0.155. The van der Waals surface area contributed by atoms with E-state index in [2.05, 4.69) is 6.92 Å². The second-order valence-corrected chi connectivity index (χ2v) is 5.50. The van der Waals surface area contributed by atoms with Gasteiger partial charge in [0.25, 0.3) is 0 Å². The van der Waals surface area contributed by atoms with Gasteiger partial charge in [0, 0.05) is 5.92 Å². The molecule has 2 rings (SSSR count). The molecule has 1 fully saturated rings. The first-order chi connectivity index (χ1) is 8.63. The summed E-state index contributed by atoms with van der Waals surface area (Å²) in [6, 6.07) is 4.65. The van der Waals surface area contributed by atoms with Crippen LogP contribution in [0.1, 0.15) is 49.4 Å². The first-order valence-corrected chi connectivity index (χ1v) is 6.99. The lowest BCUT2D eigenvalue weighted by Gasteiger charge is -2.26. The fourth-order valence-corrected chi connectivity index (χ4v) is 2.92. The van der Waals surface area contributed by atoms with Gasteiger partial charge in [-0.2, -0.15) is 0 Å². The highest BCUT2D eigenvalue weighted by molar-refractivity contribution is 6.31. The quantitative estimate of drug-likeness (QED) is 0.714. The van der Waals surface area contributed by atoms with Gasteiger partial charge in [0.1, 0.15) is 0 Å². The van der Waals surface area contributed by atoms with E-state index >= 15 is 0 Å². The zero-order chi connectivity index (χ0) is 13.1. The van der Waals surface area contributed by atoms with Gasteiger partial charge in [-0.25, -0.2) is 4.39 Å². The van der Waals surface area contributed by atoms with Crippen molar-refractivity contribution < 1.29 is 9.18 Å². The Kier molecular flexibility index (Phi) is 4.39. The second-order valence-electron chi connectivity index (χ2n) is 5.09. The monoisotopic (exact) mass is 268 g/mol. The van der Waals surface area contributed by atoms with Gasteiger partial charge in [0.15, 0.2) is 11.6 Å². The summed E-state index contributed by atoms with van der Waals surface area (Å²) in [6.07, 6.45) is 5.09. The molecule has 3 heteroatoms. The maximum absolute atomic E-state index is 13.8. The smallest absolute Gasteiger partial charge is 0.168 e. The van der Waals surface area contributed by atoms with Crippen molar-refractivity contribution in [2.24, 2.45) is 11.8 Å². The Labute approximate surface area is 112 Å². The van der Waals surface area contributed by atoms with Crippen molar-refractivity contribution >= 4 is 17.4 Å². The third kappa shape index (κ3) is 2.74. The van der Waals surface area contributed by atoms with Crippen LogP contribution in [-0.2, 0) is 0 Å². The van der Waals surface area contributed by atoms with Crippen molar-refractivity contribution in [3.63, 3.8) is 0 Å². The number of carbonyl (C=O) groups excluding carboxylic acids is 1. The van der Waals surface area contributed by atoms with Crippen LogP contribution in [0.15, 0.2) is 18.2 Å². The molecule has 98 valence electrons. The molecule has 0 atom stereocenters. The van der Waals surface area contributed by atoms with Gasteiger partial charge >= 0.3 is 0 Å². The van der Waals surface area contributed by atoms with E-state index in [0.717, 1.165) is 31.6 Å². The molecule has 0 aliphatic heterocycles. The second kappa shape index (κ2) is 5.83. The predicted molar refractivity (Wildman–Crippen MR) is 71.5 cm³/mol. The number of ketones is 1. The van der Waals surface area contributed by atoms with E-state index in [4.69, 9.17) is 11.6 Å². The van der Waals surface area contributed by atoms with Crippen LogP contribution in [0.4, 0.5) is 4.39 Å². The molecule has 1 aromatic carbocycles. The summed E-state index contributed by atoms with van der Waals surface area (Å²) in [6.45, 7) is 2.18. The van der Waals surface area contributed by atoms with Crippen LogP contribution in [0.3, 0.4) is 0 Å². The molecule has 1 nitrogen and oxygen atoms in total. The Morgan fingerprint density at radius 1 is 1.33 bits per heavy atom. The van der Waals surface area contributed by atoms with Gasteiger partial charge < -0.3 is 0 Å². The van der Waals surface area contributed by atoms with Crippen LogP contribution < -0.4 is 0 Å². The number of rotatable bonds is 3. The molecule has 0 radical (unpaired) electrons. The maximum Gasteiger partial charge on any atom is 0.168 e. The van der Waals surface area contributed by atoms with Crippen LogP contribution in [0, 0.1) is 17.7 Å². The van der Waals surface area contributed by atoms with E-state index in [-0.39, 0.29) is 22.3 Å². The van der Waals surface area contributed by atoms with Crippen molar-refractivity contribution in [1.29, 1.82) is 0 Å². The maximum atomic E-state index is 13.8. The first kappa shape index (κ1) is 13.5. The van der Waals surface area contributed by atoms with Gasteiger partial charge in [-0.05, 0) is 43.7 Å². The molecule has 0 aromatic heterocycles. The lowest BCUT2D eigenvalue weighted by Crippen LogP contribution is -2.22. The summed E-state index contributed by atoms with van der Waals surface area (Å²) < 4.78 is 13.8. The van der Waals surface area contributed by atoms with Crippen molar-refractivity contribution in [1.82, 2.24) is 0 Å². The third-order valence-corrected chi connectivity index (χ3v) is 4.30. The van der Waals surface area contributed by atoms with Gasteiger partial charge in [-0.1, -0.05) is 31.0 Å². The average molecular weight is 269 g/mol. The highest BCUT2D eigenvalue weighted by Crippen LogP contribution is 2.33. The van der Waals surface area contributed by atoms with Gasteiger partial charge in [-0.15, -0.1) is 0 Å². The molecular weight excluding hydrogens is 251 g/mol. The van der Waals surface area contributed by atoms with E-state index in [9.17, 15) is 9.18 Å². The van der Waals surface area contributed by atoms with Crippen LogP contribution in [0.25, 0.3) is 0 Å². The van der Waals surface area contributed by atoms with Gasteiger partial charge in [-0.3, -0.25) is 4.79 Å². The van der Waals surface area contributed by atoms with Crippen molar-refractivity contribution in [2.45, 2.75) is 39.0 Å². The van der Waals surface area contributed by atoms with E-state index in [1.165, 1.54) is 18.6 Å². The summed E-state index contributed by atoms with van der Waals surface area (Å²) in [5, 5.41) is 0.0306. The molecule has 0 heterocycles. The molecule has 0 unspecified atom stereocenters. The molecular formula is C15H18ClFO. The Morgan fingerprint density at radius 3 is 2.61 bits per heavy atom. The minimum Gasteiger partial charge on any atom is -0.294 e. The normalized spacial score (nSPS) is 23.9. The topological polar surface area (TPSA) is 17.1 Å². The van der Waals surface area contributed by atoms with Crippen molar-refractivity contribution in [2.75, 3.05) is 0 Å².